The van der Waals surface area contributed by atoms with E-state index < -0.39 is 18.0 Å². The highest BCUT2D eigenvalue weighted by molar-refractivity contribution is 5.88. The standard InChI is InChI=1S/C23H42N4O5/c1-6-8-9-10-11-12-19(28)27-14-13-26(16-18(27)5)22(30)21(17(3)4)25-23(31)24-15-20(29)32-7-2/h17-18,21H,6-16H2,1-5H3,(H2,24,25,31). The van der Waals surface area contributed by atoms with E-state index in [0.29, 0.717) is 26.1 Å². The van der Waals surface area contributed by atoms with Crippen LogP contribution < -0.4 is 10.6 Å². The summed E-state index contributed by atoms with van der Waals surface area (Å²) >= 11 is 0. The van der Waals surface area contributed by atoms with E-state index in [1.54, 1.807) is 11.8 Å². The Balaban J connectivity index is 2.55. The SMILES string of the molecule is CCCCCCCC(=O)N1CCN(C(=O)C(NC(=O)NCC(=O)OCC)C(C)C)CC1C. The third-order valence-corrected chi connectivity index (χ3v) is 5.67. The molecule has 0 aromatic heterocycles. The molecule has 2 atom stereocenters. The van der Waals surface area contributed by atoms with Gasteiger partial charge in [0.15, 0.2) is 0 Å². The Kier molecular flexibility index (Phi) is 12.7. The lowest BCUT2D eigenvalue weighted by Crippen LogP contribution is -2.60. The molecule has 1 aliphatic rings. The number of carbonyl (C=O) groups excluding carboxylic acids is 4. The second kappa shape index (κ2) is 14.7. The normalized spacial score (nSPS) is 17.1. The van der Waals surface area contributed by atoms with Gasteiger partial charge in [-0.3, -0.25) is 14.4 Å². The first kappa shape index (κ1) is 27.7. The minimum absolute atomic E-state index is 0.0682. The number of carbonyl (C=O) groups is 4. The number of esters is 1. The average molecular weight is 455 g/mol. The average Bonchev–Trinajstić information content (AvgIpc) is 2.75. The predicted molar refractivity (Wildman–Crippen MR) is 123 cm³/mol. The molecule has 0 saturated carbocycles. The first-order valence-corrected chi connectivity index (χ1v) is 12.0. The Morgan fingerprint density at radius 1 is 1.03 bits per heavy atom. The van der Waals surface area contributed by atoms with Gasteiger partial charge in [-0.2, -0.15) is 0 Å². The number of unbranched alkanes of at least 4 members (excludes halogenated alkanes) is 4. The summed E-state index contributed by atoms with van der Waals surface area (Å²) in [5, 5.41) is 5.10. The van der Waals surface area contributed by atoms with Crippen molar-refractivity contribution in [1.82, 2.24) is 20.4 Å². The van der Waals surface area contributed by atoms with Crippen LogP contribution >= 0.6 is 0 Å². The highest BCUT2D eigenvalue weighted by Gasteiger charge is 2.34. The summed E-state index contributed by atoms with van der Waals surface area (Å²) in [5.74, 6) is -0.688. The molecule has 9 nitrogen and oxygen atoms in total. The summed E-state index contributed by atoms with van der Waals surface area (Å²) in [6.07, 6.45) is 6.09. The van der Waals surface area contributed by atoms with E-state index in [0.717, 1.165) is 12.8 Å². The Morgan fingerprint density at radius 3 is 2.31 bits per heavy atom. The van der Waals surface area contributed by atoms with Gasteiger partial charge < -0.3 is 25.2 Å². The molecular weight excluding hydrogens is 412 g/mol. The Morgan fingerprint density at radius 2 is 1.72 bits per heavy atom. The van der Waals surface area contributed by atoms with Gasteiger partial charge in [-0.05, 0) is 26.2 Å². The molecule has 0 aliphatic carbocycles. The van der Waals surface area contributed by atoms with Crippen molar-refractivity contribution in [3.8, 4) is 0 Å². The fourth-order valence-corrected chi connectivity index (χ4v) is 3.82. The van der Waals surface area contributed by atoms with Gasteiger partial charge in [0.05, 0.1) is 6.61 Å². The van der Waals surface area contributed by atoms with Crippen molar-refractivity contribution in [2.24, 2.45) is 5.92 Å². The van der Waals surface area contributed by atoms with Gasteiger partial charge in [-0.1, -0.05) is 46.5 Å². The van der Waals surface area contributed by atoms with Crippen molar-refractivity contribution < 1.29 is 23.9 Å². The summed E-state index contributed by atoms with van der Waals surface area (Å²) in [7, 11) is 0. The van der Waals surface area contributed by atoms with Gasteiger partial charge in [-0.25, -0.2) is 4.79 Å². The number of urea groups is 1. The smallest absolute Gasteiger partial charge is 0.325 e. The molecule has 9 heteroatoms. The highest BCUT2D eigenvalue weighted by atomic mass is 16.5. The number of hydrogen-bond donors (Lipinski definition) is 2. The van der Waals surface area contributed by atoms with Gasteiger partial charge in [0.1, 0.15) is 12.6 Å². The lowest BCUT2D eigenvalue weighted by molar-refractivity contribution is -0.144. The van der Waals surface area contributed by atoms with Crippen LogP contribution in [0.2, 0.25) is 0 Å². The lowest BCUT2D eigenvalue weighted by atomic mass is 10.0. The van der Waals surface area contributed by atoms with Crippen molar-refractivity contribution in [3.63, 3.8) is 0 Å². The summed E-state index contributed by atoms with van der Waals surface area (Å²) < 4.78 is 4.78. The summed E-state index contributed by atoms with van der Waals surface area (Å²) in [4.78, 5) is 52.9. The van der Waals surface area contributed by atoms with Crippen LogP contribution in [0, 0.1) is 5.92 Å². The highest BCUT2D eigenvalue weighted by Crippen LogP contribution is 2.16. The minimum atomic E-state index is -0.717. The van der Waals surface area contributed by atoms with Crippen molar-refractivity contribution in [1.29, 1.82) is 0 Å². The fraction of sp³-hybridized carbons (Fsp3) is 0.826. The van der Waals surface area contributed by atoms with Crippen molar-refractivity contribution >= 4 is 23.8 Å². The maximum Gasteiger partial charge on any atom is 0.325 e. The van der Waals surface area contributed by atoms with Crippen LogP contribution in [-0.4, -0.2) is 78.5 Å². The predicted octanol–water partition coefficient (Wildman–Crippen LogP) is 2.29. The van der Waals surface area contributed by atoms with Crippen LogP contribution in [0.5, 0.6) is 0 Å². The van der Waals surface area contributed by atoms with E-state index in [2.05, 4.69) is 17.6 Å². The van der Waals surface area contributed by atoms with E-state index in [4.69, 9.17) is 4.74 Å². The van der Waals surface area contributed by atoms with E-state index in [1.165, 1.54) is 19.3 Å². The Hall–Kier alpha value is -2.32. The lowest BCUT2D eigenvalue weighted by Gasteiger charge is -2.41. The Labute approximate surface area is 192 Å². The van der Waals surface area contributed by atoms with Crippen LogP contribution in [-0.2, 0) is 19.1 Å². The molecule has 0 spiro atoms. The second-order valence-electron chi connectivity index (χ2n) is 8.74. The molecule has 1 fully saturated rings. The van der Waals surface area contributed by atoms with Crippen molar-refractivity contribution in [3.05, 3.63) is 0 Å². The van der Waals surface area contributed by atoms with E-state index in [9.17, 15) is 19.2 Å². The zero-order valence-corrected chi connectivity index (χ0v) is 20.4. The number of nitrogens with one attached hydrogen (secondary N) is 2. The quantitative estimate of drug-likeness (QED) is 0.347. The number of ether oxygens (including phenoxy) is 1. The zero-order chi connectivity index (χ0) is 24.1. The molecule has 1 heterocycles. The maximum atomic E-state index is 13.1. The molecule has 0 aromatic carbocycles. The number of amides is 4. The molecule has 2 unspecified atom stereocenters. The molecule has 0 aromatic rings. The summed E-state index contributed by atoms with van der Waals surface area (Å²) in [6.45, 7) is 10.9. The molecule has 1 rings (SSSR count). The maximum absolute atomic E-state index is 13.1. The molecule has 0 radical (unpaired) electrons. The largest absolute Gasteiger partial charge is 0.465 e. The Bertz CT molecular complexity index is 626. The van der Waals surface area contributed by atoms with Crippen molar-refractivity contribution in [2.75, 3.05) is 32.8 Å². The van der Waals surface area contributed by atoms with Crippen LogP contribution in [0.3, 0.4) is 0 Å². The first-order chi connectivity index (χ1) is 15.2. The van der Waals surface area contributed by atoms with Gasteiger partial charge >= 0.3 is 12.0 Å². The number of piperazine rings is 1. The first-order valence-electron chi connectivity index (χ1n) is 12.0. The molecule has 2 N–H and O–H groups in total. The van der Waals surface area contributed by atoms with E-state index in [1.807, 2.05) is 25.7 Å². The second-order valence-corrected chi connectivity index (χ2v) is 8.74. The van der Waals surface area contributed by atoms with Gasteiger partial charge in [0.25, 0.3) is 0 Å². The fourth-order valence-electron chi connectivity index (χ4n) is 3.82. The third kappa shape index (κ3) is 9.44. The third-order valence-electron chi connectivity index (χ3n) is 5.67. The molecule has 1 aliphatic heterocycles. The van der Waals surface area contributed by atoms with Crippen LogP contribution in [0.25, 0.3) is 0 Å². The van der Waals surface area contributed by atoms with Crippen LogP contribution in [0.1, 0.15) is 73.1 Å². The van der Waals surface area contributed by atoms with Gasteiger partial charge in [-0.15, -0.1) is 0 Å². The summed E-state index contributed by atoms with van der Waals surface area (Å²) in [6, 6.07) is -1.37. The number of rotatable bonds is 12. The number of hydrogen-bond acceptors (Lipinski definition) is 5. The topological polar surface area (TPSA) is 108 Å². The minimum Gasteiger partial charge on any atom is -0.465 e. The van der Waals surface area contributed by atoms with E-state index in [-0.39, 0.29) is 36.9 Å². The number of nitrogens with zero attached hydrogens (tertiary/aromatic N) is 2. The molecule has 32 heavy (non-hydrogen) atoms. The molecular formula is C23H42N4O5. The van der Waals surface area contributed by atoms with Crippen LogP contribution in [0.4, 0.5) is 4.79 Å². The van der Waals surface area contributed by atoms with Crippen LogP contribution in [0.15, 0.2) is 0 Å². The molecule has 4 amide bonds. The monoisotopic (exact) mass is 454 g/mol. The summed E-state index contributed by atoms with van der Waals surface area (Å²) in [5.41, 5.74) is 0. The molecule has 0 bridgehead atoms. The van der Waals surface area contributed by atoms with Crippen molar-refractivity contribution in [2.45, 2.75) is 85.2 Å². The van der Waals surface area contributed by atoms with E-state index >= 15 is 0 Å². The zero-order valence-electron chi connectivity index (χ0n) is 20.4. The van der Waals surface area contributed by atoms with Gasteiger partial charge in [0, 0.05) is 32.1 Å². The molecule has 184 valence electrons. The van der Waals surface area contributed by atoms with Gasteiger partial charge in [0.2, 0.25) is 11.8 Å². The molecule has 1 saturated heterocycles.